The van der Waals surface area contributed by atoms with Gasteiger partial charge in [0.05, 0.1) is 0 Å². The van der Waals surface area contributed by atoms with Gasteiger partial charge in [-0.05, 0) is 25.7 Å². The molecule has 2 heteroatoms. The first-order chi connectivity index (χ1) is 17.8. The van der Waals surface area contributed by atoms with Crippen LogP contribution in [0.2, 0.25) is 0 Å². The molecule has 0 saturated carbocycles. The van der Waals surface area contributed by atoms with E-state index in [0.717, 1.165) is 0 Å². The number of hydrogen-bond donors (Lipinski definition) is 0. The van der Waals surface area contributed by atoms with Crippen LogP contribution in [0.15, 0.2) is 12.4 Å². The van der Waals surface area contributed by atoms with Crippen LogP contribution in [0.5, 0.6) is 0 Å². The van der Waals surface area contributed by atoms with E-state index in [-0.39, 0.29) is 0 Å². The second-order valence-electron chi connectivity index (χ2n) is 11.8. The fourth-order valence-corrected chi connectivity index (χ4v) is 5.83. The molecule has 1 rings (SSSR count). The van der Waals surface area contributed by atoms with Gasteiger partial charge in [-0.3, -0.25) is 0 Å². The number of hydrogen-bond acceptors (Lipinski definition) is 2. The Morgan fingerprint density at radius 3 is 1.03 bits per heavy atom. The van der Waals surface area contributed by atoms with Crippen LogP contribution in [0.3, 0.4) is 0 Å². The molecule has 1 aliphatic rings. The summed E-state index contributed by atoms with van der Waals surface area (Å²) in [7, 11) is 0. The summed E-state index contributed by atoms with van der Waals surface area (Å²) in [4.78, 5) is 5.36. The van der Waals surface area contributed by atoms with Crippen LogP contribution >= 0.6 is 0 Å². The molecule has 0 aromatic rings. The lowest BCUT2D eigenvalue weighted by molar-refractivity contribution is 0.135. The van der Waals surface area contributed by atoms with Gasteiger partial charge in [-0.2, -0.15) is 0 Å². The smallest absolute Gasteiger partial charge is 0.101 e. The molecule has 0 spiro atoms. The van der Waals surface area contributed by atoms with Gasteiger partial charge in [0.2, 0.25) is 0 Å². The van der Waals surface area contributed by atoms with Gasteiger partial charge in [0.1, 0.15) is 6.17 Å². The van der Waals surface area contributed by atoms with Crippen molar-refractivity contribution in [2.24, 2.45) is 0 Å². The van der Waals surface area contributed by atoms with Crippen LogP contribution in [-0.4, -0.2) is 29.1 Å². The lowest BCUT2D eigenvalue weighted by Gasteiger charge is -2.33. The van der Waals surface area contributed by atoms with E-state index in [9.17, 15) is 0 Å². The maximum atomic E-state index is 2.69. The summed E-state index contributed by atoms with van der Waals surface area (Å²) >= 11 is 0. The van der Waals surface area contributed by atoms with Crippen molar-refractivity contribution < 1.29 is 0 Å². The zero-order valence-corrected chi connectivity index (χ0v) is 25.4. The van der Waals surface area contributed by atoms with E-state index in [0.29, 0.717) is 6.17 Å². The summed E-state index contributed by atoms with van der Waals surface area (Å²) < 4.78 is 0. The molecular formula is C34H68N2. The second kappa shape index (κ2) is 26.0. The van der Waals surface area contributed by atoms with Gasteiger partial charge in [-0.25, -0.2) is 0 Å². The quantitative estimate of drug-likeness (QED) is 0.0977. The molecule has 0 aromatic carbocycles. The van der Waals surface area contributed by atoms with Crippen LogP contribution in [0.25, 0.3) is 0 Å². The lowest BCUT2D eigenvalue weighted by atomic mass is 10.0. The maximum Gasteiger partial charge on any atom is 0.101 e. The van der Waals surface area contributed by atoms with Crippen LogP contribution in [0, 0.1) is 0 Å². The zero-order valence-electron chi connectivity index (χ0n) is 25.4. The van der Waals surface area contributed by atoms with E-state index >= 15 is 0 Å². The maximum absolute atomic E-state index is 2.69. The highest BCUT2D eigenvalue weighted by atomic mass is 15.4. The summed E-state index contributed by atoms with van der Waals surface area (Å²) in [6.07, 6.45) is 42.5. The molecule has 1 heterocycles. The summed E-state index contributed by atoms with van der Waals surface area (Å²) in [6.45, 7) is 9.45. The van der Waals surface area contributed by atoms with Gasteiger partial charge in [0, 0.05) is 25.5 Å². The molecule has 1 unspecified atom stereocenters. The molecule has 0 amide bonds. The van der Waals surface area contributed by atoms with E-state index in [1.54, 1.807) is 0 Å². The molecule has 0 saturated heterocycles. The second-order valence-corrected chi connectivity index (χ2v) is 11.8. The minimum absolute atomic E-state index is 0.642. The monoisotopic (exact) mass is 505 g/mol. The van der Waals surface area contributed by atoms with E-state index in [4.69, 9.17) is 0 Å². The van der Waals surface area contributed by atoms with Gasteiger partial charge in [-0.1, -0.05) is 162 Å². The van der Waals surface area contributed by atoms with E-state index in [1.807, 2.05) is 0 Å². The Morgan fingerprint density at radius 1 is 0.361 bits per heavy atom. The molecule has 1 atom stereocenters. The van der Waals surface area contributed by atoms with Gasteiger partial charge in [0.15, 0.2) is 0 Å². The number of unbranched alkanes of at least 4 members (excludes halogenated alkanes) is 22. The topological polar surface area (TPSA) is 6.48 Å². The van der Waals surface area contributed by atoms with Crippen molar-refractivity contribution in [1.82, 2.24) is 9.80 Å². The molecule has 0 aromatic heterocycles. The van der Waals surface area contributed by atoms with Crippen LogP contribution in [-0.2, 0) is 0 Å². The van der Waals surface area contributed by atoms with Crippen molar-refractivity contribution in [2.45, 2.75) is 194 Å². The average molecular weight is 505 g/mol. The molecule has 0 aliphatic carbocycles. The minimum atomic E-state index is 0.642. The van der Waals surface area contributed by atoms with Gasteiger partial charge >= 0.3 is 0 Å². The molecule has 0 bridgehead atoms. The van der Waals surface area contributed by atoms with Gasteiger partial charge in [0.25, 0.3) is 0 Å². The normalized spacial score (nSPS) is 15.5. The number of rotatable bonds is 28. The third-order valence-electron chi connectivity index (χ3n) is 8.32. The third kappa shape index (κ3) is 18.6. The first-order valence-corrected chi connectivity index (χ1v) is 17.0. The predicted molar refractivity (Wildman–Crippen MR) is 163 cm³/mol. The van der Waals surface area contributed by atoms with Crippen molar-refractivity contribution in [3.8, 4) is 0 Å². The third-order valence-corrected chi connectivity index (χ3v) is 8.32. The minimum Gasteiger partial charge on any atom is -0.356 e. The van der Waals surface area contributed by atoms with Crippen molar-refractivity contribution in [2.75, 3.05) is 13.1 Å². The highest BCUT2D eigenvalue weighted by Gasteiger charge is 2.24. The fraction of sp³-hybridized carbons (Fsp3) is 0.941. The Hall–Kier alpha value is -0.660. The SMILES string of the molecule is CCCCCCCCCCCCCCCCC1N(CCCCC)C=CN1CCCCCCCCCC. The van der Waals surface area contributed by atoms with Crippen molar-refractivity contribution in [3.05, 3.63) is 12.4 Å². The summed E-state index contributed by atoms with van der Waals surface area (Å²) in [6, 6.07) is 0. The Kier molecular flexibility index (Phi) is 24.1. The lowest BCUT2D eigenvalue weighted by Crippen LogP contribution is -2.39. The first-order valence-electron chi connectivity index (χ1n) is 17.0. The van der Waals surface area contributed by atoms with E-state index in [1.165, 1.54) is 180 Å². The van der Waals surface area contributed by atoms with Crippen LogP contribution < -0.4 is 0 Å². The molecule has 1 aliphatic heterocycles. The Morgan fingerprint density at radius 2 is 0.639 bits per heavy atom. The Bertz CT molecular complexity index is 460. The molecule has 0 radical (unpaired) electrons. The Labute approximate surface area is 229 Å². The molecule has 214 valence electrons. The van der Waals surface area contributed by atoms with Crippen LogP contribution in [0.1, 0.15) is 188 Å². The molecule has 0 fully saturated rings. The standard InChI is InChI=1S/C34H68N2/c1-4-7-10-12-14-16-17-18-19-20-21-22-24-26-29-34-35(30-27-9-6-3)32-33-36(34)31-28-25-23-15-13-11-8-5-2/h32-34H,4-31H2,1-3H3. The highest BCUT2D eigenvalue weighted by Crippen LogP contribution is 2.24. The summed E-state index contributed by atoms with van der Waals surface area (Å²) in [5.41, 5.74) is 0. The van der Waals surface area contributed by atoms with Crippen molar-refractivity contribution in [3.63, 3.8) is 0 Å². The summed E-state index contributed by atoms with van der Waals surface area (Å²) in [5.74, 6) is 0. The average Bonchev–Trinajstić information content (AvgIpc) is 3.27. The highest BCUT2D eigenvalue weighted by molar-refractivity contribution is 4.97. The van der Waals surface area contributed by atoms with Crippen molar-refractivity contribution >= 4 is 0 Å². The molecule has 2 nitrogen and oxygen atoms in total. The molecular weight excluding hydrogens is 436 g/mol. The number of nitrogens with zero attached hydrogens (tertiary/aromatic N) is 2. The zero-order chi connectivity index (χ0) is 25.9. The van der Waals surface area contributed by atoms with E-state index in [2.05, 4.69) is 43.0 Å². The van der Waals surface area contributed by atoms with Gasteiger partial charge < -0.3 is 9.80 Å². The first kappa shape index (κ1) is 33.4. The molecule has 0 N–H and O–H groups in total. The molecule has 36 heavy (non-hydrogen) atoms. The predicted octanol–water partition coefficient (Wildman–Crippen LogP) is 11.6. The van der Waals surface area contributed by atoms with Gasteiger partial charge in [-0.15, -0.1) is 0 Å². The largest absolute Gasteiger partial charge is 0.356 e. The van der Waals surface area contributed by atoms with Crippen molar-refractivity contribution in [1.29, 1.82) is 0 Å². The van der Waals surface area contributed by atoms with E-state index < -0.39 is 0 Å². The summed E-state index contributed by atoms with van der Waals surface area (Å²) in [5, 5.41) is 0. The van der Waals surface area contributed by atoms with Crippen LogP contribution in [0.4, 0.5) is 0 Å². The Balaban J connectivity index is 2.11. The fourth-order valence-electron chi connectivity index (χ4n) is 5.83.